The average molecular weight is 365 g/mol. The minimum atomic E-state index is -1.50. The van der Waals surface area contributed by atoms with E-state index in [-0.39, 0.29) is 10.7 Å². The van der Waals surface area contributed by atoms with Gasteiger partial charge in [-0.2, -0.15) is 5.26 Å². The summed E-state index contributed by atoms with van der Waals surface area (Å²) in [4.78, 5) is 10.5. The molecular weight excluding hydrogens is 352 g/mol. The molecule has 26 heavy (non-hydrogen) atoms. The van der Waals surface area contributed by atoms with Gasteiger partial charge in [0.15, 0.2) is 0 Å². The SMILES string of the molecule is N#CC(Oc1ccccc1)(c1ccccc1)c1ccc([N+](=O)[O-])c(Cl)c1. The molecular formula is C20H13ClN2O3. The van der Waals surface area contributed by atoms with Crippen LogP contribution >= 0.6 is 11.6 Å². The van der Waals surface area contributed by atoms with Crippen LogP contribution in [0.25, 0.3) is 0 Å². The van der Waals surface area contributed by atoms with E-state index in [1.165, 1.54) is 18.2 Å². The predicted molar refractivity (Wildman–Crippen MR) is 98.0 cm³/mol. The van der Waals surface area contributed by atoms with Crippen molar-refractivity contribution in [3.8, 4) is 11.8 Å². The van der Waals surface area contributed by atoms with Crippen LogP contribution in [0.5, 0.6) is 5.75 Å². The van der Waals surface area contributed by atoms with Gasteiger partial charge in [-0.15, -0.1) is 0 Å². The lowest BCUT2D eigenvalue weighted by molar-refractivity contribution is -0.384. The lowest BCUT2D eigenvalue weighted by Crippen LogP contribution is -2.33. The Morgan fingerprint density at radius 3 is 2.12 bits per heavy atom. The molecule has 6 heteroatoms. The Bertz CT molecular complexity index is 971. The molecule has 0 aliphatic carbocycles. The summed E-state index contributed by atoms with van der Waals surface area (Å²) in [7, 11) is 0. The number of rotatable bonds is 5. The molecule has 3 rings (SSSR count). The molecule has 0 spiro atoms. The number of hydrogen-bond acceptors (Lipinski definition) is 4. The number of para-hydroxylation sites is 1. The smallest absolute Gasteiger partial charge is 0.287 e. The summed E-state index contributed by atoms with van der Waals surface area (Å²) >= 11 is 6.07. The van der Waals surface area contributed by atoms with Gasteiger partial charge in [0, 0.05) is 17.2 Å². The summed E-state index contributed by atoms with van der Waals surface area (Å²) in [5.41, 5.74) is -0.724. The molecule has 3 aromatic rings. The van der Waals surface area contributed by atoms with Crippen molar-refractivity contribution in [2.75, 3.05) is 0 Å². The Hall–Kier alpha value is -3.36. The molecule has 5 nitrogen and oxygen atoms in total. The first-order valence-corrected chi connectivity index (χ1v) is 8.10. The van der Waals surface area contributed by atoms with Crippen LogP contribution in [-0.2, 0) is 5.60 Å². The molecule has 0 N–H and O–H groups in total. The van der Waals surface area contributed by atoms with E-state index >= 15 is 0 Å². The molecule has 0 bridgehead atoms. The maximum atomic E-state index is 11.0. The van der Waals surface area contributed by atoms with Crippen LogP contribution in [-0.4, -0.2) is 4.92 Å². The van der Waals surface area contributed by atoms with Crippen LogP contribution in [0.15, 0.2) is 78.9 Å². The average Bonchev–Trinajstić information content (AvgIpc) is 2.67. The lowest BCUT2D eigenvalue weighted by Gasteiger charge is -2.29. The van der Waals surface area contributed by atoms with Gasteiger partial charge in [0.25, 0.3) is 5.69 Å². The summed E-state index contributed by atoms with van der Waals surface area (Å²) in [6.07, 6.45) is 0. The molecule has 0 aliphatic rings. The van der Waals surface area contributed by atoms with Crippen molar-refractivity contribution in [2.24, 2.45) is 0 Å². The van der Waals surface area contributed by atoms with E-state index in [9.17, 15) is 15.4 Å². The molecule has 0 saturated heterocycles. The van der Waals surface area contributed by atoms with Gasteiger partial charge < -0.3 is 4.74 Å². The van der Waals surface area contributed by atoms with Gasteiger partial charge in [-0.25, -0.2) is 0 Å². The molecule has 0 radical (unpaired) electrons. The van der Waals surface area contributed by atoms with Gasteiger partial charge in [-0.1, -0.05) is 60.1 Å². The fraction of sp³-hybridized carbons (Fsp3) is 0.0500. The number of nitro benzene ring substituents is 1. The highest BCUT2D eigenvalue weighted by Crippen LogP contribution is 2.37. The zero-order chi connectivity index (χ0) is 18.6. The highest BCUT2D eigenvalue weighted by Gasteiger charge is 2.38. The number of nitriles is 1. The normalized spacial score (nSPS) is 12.6. The third kappa shape index (κ3) is 3.23. The second-order valence-electron chi connectivity index (χ2n) is 5.50. The molecule has 0 saturated carbocycles. The van der Waals surface area contributed by atoms with Gasteiger partial charge in [-0.3, -0.25) is 10.1 Å². The van der Waals surface area contributed by atoms with Crippen molar-refractivity contribution < 1.29 is 9.66 Å². The summed E-state index contributed by atoms with van der Waals surface area (Å²) in [5, 5.41) is 21.0. The Labute approximate surface area is 155 Å². The number of nitrogens with zero attached hydrogens (tertiary/aromatic N) is 2. The van der Waals surface area contributed by atoms with Gasteiger partial charge in [0.2, 0.25) is 5.60 Å². The fourth-order valence-corrected chi connectivity index (χ4v) is 2.90. The molecule has 0 amide bonds. The summed E-state index contributed by atoms with van der Waals surface area (Å²) in [6.45, 7) is 0. The molecule has 0 aromatic heterocycles. The van der Waals surface area contributed by atoms with Crippen LogP contribution < -0.4 is 4.74 Å². The van der Waals surface area contributed by atoms with E-state index in [0.29, 0.717) is 16.9 Å². The number of ether oxygens (including phenoxy) is 1. The van der Waals surface area contributed by atoms with Crippen LogP contribution in [0.4, 0.5) is 5.69 Å². The highest BCUT2D eigenvalue weighted by molar-refractivity contribution is 6.32. The van der Waals surface area contributed by atoms with E-state index in [1.54, 1.807) is 48.5 Å². The highest BCUT2D eigenvalue weighted by atomic mass is 35.5. The topological polar surface area (TPSA) is 76.2 Å². The van der Waals surface area contributed by atoms with Crippen molar-refractivity contribution in [2.45, 2.75) is 5.60 Å². The molecule has 0 aliphatic heterocycles. The van der Waals surface area contributed by atoms with E-state index in [0.717, 1.165) is 0 Å². The minimum Gasteiger partial charge on any atom is -0.464 e. The first-order valence-electron chi connectivity index (χ1n) is 7.72. The summed E-state index contributed by atoms with van der Waals surface area (Å²) in [6, 6.07) is 24.3. The second-order valence-corrected chi connectivity index (χ2v) is 5.90. The van der Waals surface area contributed by atoms with Crippen LogP contribution in [0.3, 0.4) is 0 Å². The van der Waals surface area contributed by atoms with Crippen molar-refractivity contribution in [3.05, 3.63) is 105 Å². The van der Waals surface area contributed by atoms with E-state index < -0.39 is 10.5 Å². The monoisotopic (exact) mass is 364 g/mol. The quantitative estimate of drug-likeness (QED) is 0.466. The predicted octanol–water partition coefficient (Wildman–Crippen LogP) is 5.09. The number of benzene rings is 3. The maximum absolute atomic E-state index is 11.0. The molecule has 0 fully saturated rings. The number of hydrogen-bond donors (Lipinski definition) is 0. The zero-order valence-electron chi connectivity index (χ0n) is 13.5. The van der Waals surface area contributed by atoms with Crippen molar-refractivity contribution in [1.29, 1.82) is 5.26 Å². The van der Waals surface area contributed by atoms with E-state index in [1.807, 2.05) is 12.1 Å². The van der Waals surface area contributed by atoms with Gasteiger partial charge >= 0.3 is 0 Å². The molecule has 1 unspecified atom stereocenters. The molecule has 128 valence electrons. The standard InChI is InChI=1S/C20H13ClN2O3/c21-18-13-16(11-12-19(18)23(24)25)20(14-22,15-7-3-1-4-8-15)26-17-9-5-2-6-10-17/h1-13H. The van der Waals surface area contributed by atoms with Crippen molar-refractivity contribution in [1.82, 2.24) is 0 Å². The minimum absolute atomic E-state index is 0.0558. The molecule has 0 heterocycles. The van der Waals surface area contributed by atoms with Crippen LogP contribution in [0.1, 0.15) is 11.1 Å². The first-order chi connectivity index (χ1) is 12.6. The summed E-state index contributed by atoms with van der Waals surface area (Å²) < 4.78 is 6.09. The van der Waals surface area contributed by atoms with Crippen molar-refractivity contribution >= 4 is 17.3 Å². The molecule has 3 aromatic carbocycles. The van der Waals surface area contributed by atoms with Crippen LogP contribution in [0.2, 0.25) is 5.02 Å². The largest absolute Gasteiger partial charge is 0.464 e. The van der Waals surface area contributed by atoms with Crippen LogP contribution in [0, 0.1) is 21.4 Å². The van der Waals surface area contributed by atoms with E-state index in [2.05, 4.69) is 6.07 Å². The Kier molecular flexibility index (Phi) is 4.87. The Morgan fingerprint density at radius 1 is 0.962 bits per heavy atom. The van der Waals surface area contributed by atoms with Gasteiger partial charge in [0.05, 0.1) is 4.92 Å². The zero-order valence-corrected chi connectivity index (χ0v) is 14.3. The number of nitro groups is 1. The third-order valence-electron chi connectivity index (χ3n) is 3.90. The van der Waals surface area contributed by atoms with E-state index in [4.69, 9.17) is 16.3 Å². The third-order valence-corrected chi connectivity index (χ3v) is 4.21. The number of halogens is 1. The fourth-order valence-electron chi connectivity index (χ4n) is 2.65. The van der Waals surface area contributed by atoms with Gasteiger partial charge in [-0.05, 0) is 24.3 Å². The summed E-state index contributed by atoms with van der Waals surface area (Å²) in [5.74, 6) is 0.493. The van der Waals surface area contributed by atoms with Gasteiger partial charge in [0.1, 0.15) is 16.8 Å². The lowest BCUT2D eigenvalue weighted by atomic mass is 9.87. The van der Waals surface area contributed by atoms with Crippen molar-refractivity contribution in [3.63, 3.8) is 0 Å². The Morgan fingerprint density at radius 2 is 1.58 bits per heavy atom. The first kappa shape index (κ1) is 17.5. The Balaban J connectivity index is 2.19. The second kappa shape index (κ2) is 7.26. The molecule has 1 atom stereocenters. The maximum Gasteiger partial charge on any atom is 0.287 e.